The Morgan fingerprint density at radius 2 is 2.21 bits per heavy atom. The number of ether oxygens (including phenoxy) is 1. The number of fused-ring (bicyclic) bond motifs is 1. The fourth-order valence-electron chi connectivity index (χ4n) is 3.20. The lowest BCUT2D eigenvalue weighted by molar-refractivity contribution is 0.317. The first-order chi connectivity index (χ1) is 9.33. The van der Waals surface area contributed by atoms with Gasteiger partial charge in [0.2, 0.25) is 0 Å². The number of aryl methyl sites for hydroxylation is 1. The first-order valence-electron chi connectivity index (χ1n) is 7.48. The van der Waals surface area contributed by atoms with Crippen molar-refractivity contribution in [2.75, 3.05) is 19.7 Å². The molecule has 1 saturated heterocycles. The molecule has 1 N–H and O–H groups in total. The van der Waals surface area contributed by atoms with E-state index in [1.807, 2.05) is 0 Å². The lowest BCUT2D eigenvalue weighted by Crippen LogP contribution is -2.30. The van der Waals surface area contributed by atoms with Crippen LogP contribution in [-0.2, 0) is 12.8 Å². The summed E-state index contributed by atoms with van der Waals surface area (Å²) < 4.78 is 5.78. The van der Waals surface area contributed by atoms with Crippen molar-refractivity contribution in [1.29, 1.82) is 0 Å². The van der Waals surface area contributed by atoms with Crippen LogP contribution in [0.1, 0.15) is 36.8 Å². The van der Waals surface area contributed by atoms with E-state index < -0.39 is 0 Å². The van der Waals surface area contributed by atoms with Crippen LogP contribution in [0.3, 0.4) is 0 Å². The Kier molecular flexibility index (Phi) is 4.29. The van der Waals surface area contributed by atoms with Gasteiger partial charge in [0.05, 0.1) is 11.6 Å². The zero-order valence-electron chi connectivity index (χ0n) is 11.4. The minimum absolute atomic E-state index is 0.759. The SMILES string of the molecule is Clc1cc(CC2CCCNC2)cc2c1OCCCC2. The predicted octanol–water partition coefficient (Wildman–Crippen LogP) is 3.60. The molecule has 0 aliphatic carbocycles. The number of hydrogen-bond donors (Lipinski definition) is 1. The standard InChI is InChI=1S/C16H22ClNO/c17-15-10-13(8-12-4-3-6-18-11-12)9-14-5-1-2-7-19-16(14)15/h9-10,12,18H,1-8,11H2. The number of benzene rings is 1. The van der Waals surface area contributed by atoms with Crippen molar-refractivity contribution in [3.63, 3.8) is 0 Å². The highest BCUT2D eigenvalue weighted by Crippen LogP contribution is 2.34. The van der Waals surface area contributed by atoms with E-state index in [9.17, 15) is 0 Å². The third-order valence-electron chi connectivity index (χ3n) is 4.19. The molecule has 1 atom stereocenters. The summed E-state index contributed by atoms with van der Waals surface area (Å²) in [5.41, 5.74) is 2.69. The summed E-state index contributed by atoms with van der Waals surface area (Å²) in [6.07, 6.45) is 7.21. The molecule has 0 saturated carbocycles. The summed E-state index contributed by atoms with van der Waals surface area (Å²) in [7, 11) is 0. The summed E-state index contributed by atoms with van der Waals surface area (Å²) in [6.45, 7) is 3.12. The van der Waals surface area contributed by atoms with Gasteiger partial charge in [-0.3, -0.25) is 0 Å². The number of piperidine rings is 1. The number of halogens is 1. The Hall–Kier alpha value is -0.730. The Morgan fingerprint density at radius 3 is 3.05 bits per heavy atom. The highest BCUT2D eigenvalue weighted by atomic mass is 35.5. The maximum atomic E-state index is 6.40. The third-order valence-corrected chi connectivity index (χ3v) is 4.47. The highest BCUT2D eigenvalue weighted by molar-refractivity contribution is 6.32. The zero-order chi connectivity index (χ0) is 13.1. The van der Waals surface area contributed by atoms with Gasteiger partial charge in [-0.1, -0.05) is 17.7 Å². The molecule has 0 amide bonds. The minimum Gasteiger partial charge on any atom is -0.492 e. The molecule has 0 radical (unpaired) electrons. The Morgan fingerprint density at radius 1 is 1.26 bits per heavy atom. The molecule has 1 unspecified atom stereocenters. The molecule has 3 heteroatoms. The molecule has 1 aromatic carbocycles. The topological polar surface area (TPSA) is 21.3 Å². The first-order valence-corrected chi connectivity index (χ1v) is 7.85. The highest BCUT2D eigenvalue weighted by Gasteiger charge is 2.17. The largest absolute Gasteiger partial charge is 0.492 e. The van der Waals surface area contributed by atoms with Crippen LogP contribution in [0.5, 0.6) is 5.75 Å². The van der Waals surface area contributed by atoms with Gasteiger partial charge in [0.1, 0.15) is 5.75 Å². The van der Waals surface area contributed by atoms with Crippen molar-refractivity contribution in [3.8, 4) is 5.75 Å². The van der Waals surface area contributed by atoms with E-state index in [1.165, 1.54) is 36.9 Å². The molecule has 2 aliphatic rings. The number of hydrogen-bond acceptors (Lipinski definition) is 2. The van der Waals surface area contributed by atoms with Gasteiger partial charge < -0.3 is 10.1 Å². The second-order valence-electron chi connectivity index (χ2n) is 5.79. The van der Waals surface area contributed by atoms with E-state index in [4.69, 9.17) is 16.3 Å². The molecule has 0 aromatic heterocycles. The zero-order valence-corrected chi connectivity index (χ0v) is 12.1. The smallest absolute Gasteiger partial charge is 0.141 e. The van der Waals surface area contributed by atoms with Crippen molar-refractivity contribution in [1.82, 2.24) is 5.32 Å². The predicted molar refractivity (Wildman–Crippen MR) is 79.2 cm³/mol. The average molecular weight is 280 g/mol. The van der Waals surface area contributed by atoms with Gasteiger partial charge in [-0.25, -0.2) is 0 Å². The molecule has 2 heterocycles. The van der Waals surface area contributed by atoms with Crippen molar-refractivity contribution in [2.45, 2.75) is 38.5 Å². The molecule has 19 heavy (non-hydrogen) atoms. The van der Waals surface area contributed by atoms with E-state index in [-0.39, 0.29) is 0 Å². The molecular formula is C16H22ClNO. The molecule has 1 aromatic rings. The lowest BCUT2D eigenvalue weighted by atomic mass is 9.91. The van der Waals surface area contributed by atoms with Crippen molar-refractivity contribution >= 4 is 11.6 Å². The normalized spacial score (nSPS) is 23.3. The van der Waals surface area contributed by atoms with Crippen molar-refractivity contribution in [3.05, 3.63) is 28.3 Å². The van der Waals surface area contributed by atoms with Crippen LogP contribution in [-0.4, -0.2) is 19.7 Å². The van der Waals surface area contributed by atoms with Gasteiger partial charge in [0.25, 0.3) is 0 Å². The third kappa shape index (κ3) is 3.24. The van der Waals surface area contributed by atoms with Crippen LogP contribution in [0.2, 0.25) is 5.02 Å². The summed E-state index contributed by atoms with van der Waals surface area (Å²) >= 11 is 6.40. The van der Waals surface area contributed by atoms with Gasteiger partial charge in [0, 0.05) is 0 Å². The van der Waals surface area contributed by atoms with Crippen LogP contribution in [0.25, 0.3) is 0 Å². The number of rotatable bonds is 2. The van der Waals surface area contributed by atoms with Gasteiger partial charge in [-0.15, -0.1) is 0 Å². The molecule has 2 nitrogen and oxygen atoms in total. The average Bonchev–Trinajstić information content (AvgIpc) is 2.65. The summed E-state index contributed by atoms with van der Waals surface area (Å²) in [6, 6.07) is 4.43. The first kappa shape index (κ1) is 13.3. The fourth-order valence-corrected chi connectivity index (χ4v) is 3.52. The van der Waals surface area contributed by atoms with Crippen LogP contribution in [0.4, 0.5) is 0 Å². The number of nitrogens with one attached hydrogen (secondary N) is 1. The van der Waals surface area contributed by atoms with E-state index in [2.05, 4.69) is 17.4 Å². The molecule has 0 spiro atoms. The second-order valence-corrected chi connectivity index (χ2v) is 6.20. The van der Waals surface area contributed by atoms with Crippen LogP contribution < -0.4 is 10.1 Å². The quantitative estimate of drug-likeness (QED) is 0.893. The molecule has 104 valence electrons. The van der Waals surface area contributed by atoms with Crippen molar-refractivity contribution < 1.29 is 4.74 Å². The minimum atomic E-state index is 0.759. The van der Waals surface area contributed by atoms with Gasteiger partial charge in [-0.05, 0) is 74.7 Å². The van der Waals surface area contributed by atoms with E-state index in [0.29, 0.717) is 0 Å². The second kappa shape index (κ2) is 6.15. The van der Waals surface area contributed by atoms with Crippen LogP contribution in [0.15, 0.2) is 12.1 Å². The monoisotopic (exact) mass is 279 g/mol. The van der Waals surface area contributed by atoms with E-state index in [0.717, 1.165) is 49.1 Å². The lowest BCUT2D eigenvalue weighted by Gasteiger charge is -2.23. The summed E-state index contributed by atoms with van der Waals surface area (Å²) in [5.74, 6) is 1.69. The maximum absolute atomic E-state index is 6.40. The maximum Gasteiger partial charge on any atom is 0.141 e. The van der Waals surface area contributed by atoms with Crippen molar-refractivity contribution in [2.24, 2.45) is 5.92 Å². The Bertz CT molecular complexity index is 441. The Balaban J connectivity index is 1.78. The fraction of sp³-hybridized carbons (Fsp3) is 0.625. The molecule has 2 aliphatic heterocycles. The van der Waals surface area contributed by atoms with Gasteiger partial charge in [0.15, 0.2) is 0 Å². The molecule has 3 rings (SSSR count). The van der Waals surface area contributed by atoms with Gasteiger partial charge >= 0.3 is 0 Å². The summed E-state index contributed by atoms with van der Waals surface area (Å²) in [4.78, 5) is 0. The van der Waals surface area contributed by atoms with E-state index >= 15 is 0 Å². The van der Waals surface area contributed by atoms with Crippen LogP contribution >= 0.6 is 11.6 Å². The molecule has 0 bridgehead atoms. The summed E-state index contributed by atoms with van der Waals surface area (Å²) in [5, 5.41) is 4.29. The van der Waals surface area contributed by atoms with Crippen LogP contribution in [0, 0.1) is 5.92 Å². The van der Waals surface area contributed by atoms with Gasteiger partial charge in [-0.2, -0.15) is 0 Å². The molecule has 1 fully saturated rings. The molecular weight excluding hydrogens is 258 g/mol. The Labute approximate surface area is 120 Å². The van der Waals surface area contributed by atoms with E-state index in [1.54, 1.807) is 0 Å².